The molecule has 0 bridgehead atoms. The van der Waals surface area contributed by atoms with Crippen molar-refractivity contribution in [1.29, 1.82) is 0 Å². The molecular formula is C15H18ClF2NO3. The van der Waals surface area contributed by atoms with Crippen molar-refractivity contribution in [2.45, 2.75) is 38.8 Å². The molecule has 0 saturated carbocycles. The normalized spacial score (nSPS) is 12.6. The van der Waals surface area contributed by atoms with Gasteiger partial charge in [0.2, 0.25) is 0 Å². The van der Waals surface area contributed by atoms with E-state index in [1.807, 2.05) is 0 Å². The number of hydrogen-bond acceptors (Lipinski definition) is 3. The molecule has 1 rings (SSSR count). The summed E-state index contributed by atoms with van der Waals surface area (Å²) in [6.07, 6.45) is -0.882. The molecule has 0 heterocycles. The molecule has 1 aromatic carbocycles. The predicted molar refractivity (Wildman–Crippen MR) is 78.9 cm³/mol. The second-order valence-corrected chi connectivity index (χ2v) is 6.05. The number of alkyl halides is 1. The quantitative estimate of drug-likeness (QED) is 0.842. The van der Waals surface area contributed by atoms with E-state index in [-0.39, 0.29) is 17.9 Å². The van der Waals surface area contributed by atoms with Crippen molar-refractivity contribution in [3.63, 3.8) is 0 Å². The van der Waals surface area contributed by atoms with Crippen LogP contribution in [0.2, 0.25) is 0 Å². The SMILES string of the molecule is CC(C)(C)OC(=O)NC(Cc1cc(F)cc(F)c1)C(=O)CCl. The summed E-state index contributed by atoms with van der Waals surface area (Å²) in [4.78, 5) is 23.5. The van der Waals surface area contributed by atoms with E-state index in [0.717, 1.165) is 18.2 Å². The van der Waals surface area contributed by atoms with Gasteiger partial charge in [0.05, 0.1) is 11.9 Å². The maximum Gasteiger partial charge on any atom is 0.408 e. The van der Waals surface area contributed by atoms with Gasteiger partial charge in [-0.25, -0.2) is 13.6 Å². The van der Waals surface area contributed by atoms with Crippen molar-refractivity contribution in [2.24, 2.45) is 0 Å². The van der Waals surface area contributed by atoms with Crippen LogP contribution in [0.15, 0.2) is 18.2 Å². The van der Waals surface area contributed by atoms with Gasteiger partial charge in [0, 0.05) is 12.5 Å². The molecule has 1 amide bonds. The number of ketones is 1. The number of rotatable bonds is 5. The van der Waals surface area contributed by atoms with Crippen LogP contribution in [0.1, 0.15) is 26.3 Å². The second kappa shape index (κ2) is 7.54. The van der Waals surface area contributed by atoms with Gasteiger partial charge < -0.3 is 10.1 Å². The number of nitrogens with one attached hydrogen (secondary N) is 1. The predicted octanol–water partition coefficient (Wildman–Crippen LogP) is 3.21. The summed E-state index contributed by atoms with van der Waals surface area (Å²) in [6, 6.07) is 1.89. The fraction of sp³-hybridized carbons (Fsp3) is 0.467. The van der Waals surface area contributed by atoms with Crippen LogP contribution in [0.25, 0.3) is 0 Å². The smallest absolute Gasteiger partial charge is 0.408 e. The summed E-state index contributed by atoms with van der Waals surface area (Å²) in [5.41, 5.74) is -0.499. The Kier molecular flexibility index (Phi) is 6.29. The lowest BCUT2D eigenvalue weighted by Crippen LogP contribution is -2.45. The molecule has 22 heavy (non-hydrogen) atoms. The number of hydrogen-bond donors (Lipinski definition) is 1. The Bertz CT molecular complexity index is 538. The van der Waals surface area contributed by atoms with Gasteiger partial charge in [0.25, 0.3) is 0 Å². The fourth-order valence-corrected chi connectivity index (χ4v) is 1.94. The minimum atomic E-state index is -1.02. The molecule has 7 heteroatoms. The van der Waals surface area contributed by atoms with E-state index in [0.29, 0.717) is 0 Å². The monoisotopic (exact) mass is 333 g/mol. The first kappa shape index (κ1) is 18.4. The van der Waals surface area contributed by atoms with Crippen molar-refractivity contribution < 1.29 is 23.1 Å². The van der Waals surface area contributed by atoms with Crippen molar-refractivity contribution >= 4 is 23.5 Å². The molecule has 0 spiro atoms. The average Bonchev–Trinajstić information content (AvgIpc) is 2.33. The van der Waals surface area contributed by atoms with Crippen LogP contribution in [0.5, 0.6) is 0 Å². The Hall–Kier alpha value is -1.69. The topological polar surface area (TPSA) is 55.4 Å². The molecule has 0 fully saturated rings. The summed E-state index contributed by atoms with van der Waals surface area (Å²) in [7, 11) is 0. The van der Waals surface area contributed by atoms with Gasteiger partial charge in [-0.2, -0.15) is 0 Å². The van der Waals surface area contributed by atoms with Gasteiger partial charge in [0.1, 0.15) is 17.2 Å². The Morgan fingerprint density at radius 3 is 2.23 bits per heavy atom. The lowest BCUT2D eigenvalue weighted by atomic mass is 10.0. The van der Waals surface area contributed by atoms with Crippen molar-refractivity contribution in [2.75, 3.05) is 5.88 Å². The van der Waals surface area contributed by atoms with E-state index >= 15 is 0 Å². The standard InChI is InChI=1S/C15H18ClF2NO3/c1-15(2,3)22-14(21)19-12(13(20)8-16)6-9-4-10(17)7-11(18)5-9/h4-5,7,12H,6,8H2,1-3H3,(H,19,21). The molecule has 1 aromatic rings. The highest BCUT2D eigenvalue weighted by atomic mass is 35.5. The maximum absolute atomic E-state index is 13.2. The minimum Gasteiger partial charge on any atom is -0.444 e. The van der Waals surface area contributed by atoms with E-state index in [9.17, 15) is 18.4 Å². The van der Waals surface area contributed by atoms with Crippen LogP contribution in [0.4, 0.5) is 13.6 Å². The van der Waals surface area contributed by atoms with E-state index in [1.54, 1.807) is 20.8 Å². The highest BCUT2D eigenvalue weighted by Gasteiger charge is 2.24. The molecule has 0 aromatic heterocycles. The largest absolute Gasteiger partial charge is 0.444 e. The van der Waals surface area contributed by atoms with Crippen molar-refractivity contribution in [1.82, 2.24) is 5.32 Å². The van der Waals surface area contributed by atoms with Gasteiger partial charge in [-0.15, -0.1) is 11.6 Å². The lowest BCUT2D eigenvalue weighted by Gasteiger charge is -2.23. The highest BCUT2D eigenvalue weighted by molar-refractivity contribution is 6.28. The number of amides is 1. The van der Waals surface area contributed by atoms with Crippen LogP contribution in [-0.2, 0) is 16.0 Å². The number of carbonyl (C=O) groups excluding carboxylic acids is 2. The zero-order valence-electron chi connectivity index (χ0n) is 12.6. The zero-order valence-corrected chi connectivity index (χ0v) is 13.3. The first-order valence-electron chi connectivity index (χ1n) is 6.64. The van der Waals surface area contributed by atoms with Crippen LogP contribution in [-0.4, -0.2) is 29.4 Å². The third kappa shape index (κ3) is 6.39. The minimum absolute atomic E-state index is 0.0839. The maximum atomic E-state index is 13.2. The lowest BCUT2D eigenvalue weighted by molar-refractivity contribution is -0.118. The van der Waals surface area contributed by atoms with Crippen LogP contribution in [0.3, 0.4) is 0 Å². The van der Waals surface area contributed by atoms with Gasteiger partial charge in [-0.1, -0.05) is 0 Å². The summed E-state index contributed by atoms with van der Waals surface area (Å²) < 4.78 is 31.4. The molecule has 1 atom stereocenters. The molecule has 1 N–H and O–H groups in total. The molecular weight excluding hydrogens is 316 g/mol. The first-order chi connectivity index (χ1) is 10.1. The highest BCUT2D eigenvalue weighted by Crippen LogP contribution is 2.12. The number of Topliss-reactive ketones (excluding diaryl/α,β-unsaturated/α-hetero) is 1. The van der Waals surface area contributed by atoms with E-state index in [4.69, 9.17) is 16.3 Å². The first-order valence-corrected chi connectivity index (χ1v) is 7.17. The number of halogens is 3. The Morgan fingerprint density at radius 1 is 1.23 bits per heavy atom. The number of ether oxygens (including phenoxy) is 1. The molecule has 122 valence electrons. The molecule has 0 aliphatic heterocycles. The molecule has 1 unspecified atom stereocenters. The van der Waals surface area contributed by atoms with E-state index in [2.05, 4.69) is 5.32 Å². The van der Waals surface area contributed by atoms with Crippen molar-refractivity contribution in [3.8, 4) is 0 Å². The molecule has 0 saturated heterocycles. The van der Waals surface area contributed by atoms with Crippen LogP contribution in [0, 0.1) is 11.6 Å². The summed E-state index contributed by atoms with van der Waals surface area (Å²) in [5.74, 6) is -2.33. The third-order valence-corrected chi connectivity index (χ3v) is 2.84. The molecule has 0 aliphatic carbocycles. The number of benzene rings is 1. The summed E-state index contributed by atoms with van der Waals surface area (Å²) in [5, 5.41) is 2.37. The van der Waals surface area contributed by atoms with Gasteiger partial charge in [0.15, 0.2) is 5.78 Å². The summed E-state index contributed by atoms with van der Waals surface area (Å²) in [6.45, 7) is 5.02. The summed E-state index contributed by atoms with van der Waals surface area (Å²) >= 11 is 5.50. The van der Waals surface area contributed by atoms with Crippen LogP contribution < -0.4 is 5.32 Å². The van der Waals surface area contributed by atoms with E-state index in [1.165, 1.54) is 0 Å². The van der Waals surface area contributed by atoms with Gasteiger partial charge in [-0.3, -0.25) is 4.79 Å². The van der Waals surface area contributed by atoms with Gasteiger partial charge >= 0.3 is 6.09 Å². The third-order valence-electron chi connectivity index (χ3n) is 2.57. The number of alkyl carbamates (subject to hydrolysis) is 1. The Balaban J connectivity index is 2.85. The fourth-order valence-electron chi connectivity index (χ4n) is 1.75. The Morgan fingerprint density at radius 2 is 1.77 bits per heavy atom. The number of carbonyl (C=O) groups is 2. The molecule has 0 radical (unpaired) electrons. The van der Waals surface area contributed by atoms with Crippen LogP contribution >= 0.6 is 11.6 Å². The van der Waals surface area contributed by atoms with Gasteiger partial charge in [-0.05, 0) is 38.5 Å². The van der Waals surface area contributed by atoms with E-state index < -0.39 is 35.2 Å². The molecule has 0 aliphatic rings. The second-order valence-electron chi connectivity index (χ2n) is 5.78. The zero-order chi connectivity index (χ0) is 16.9. The van der Waals surface area contributed by atoms with Crippen molar-refractivity contribution in [3.05, 3.63) is 35.4 Å². The average molecular weight is 334 g/mol. The Labute approximate surface area is 132 Å². The molecule has 4 nitrogen and oxygen atoms in total.